The molecule has 4 rings (SSSR count). The molecule has 0 amide bonds. The molecular formula is C18H22N6O2S. The summed E-state index contributed by atoms with van der Waals surface area (Å²) in [6.07, 6.45) is 4.70. The first kappa shape index (κ1) is 17.9. The molecule has 0 atom stereocenters. The molecule has 0 unspecified atom stereocenters. The number of aromatic nitrogens is 4. The Labute approximate surface area is 158 Å². The fourth-order valence-electron chi connectivity index (χ4n) is 3.37. The fraction of sp³-hybridized carbons (Fsp3) is 0.389. The molecule has 1 aliphatic rings. The Morgan fingerprint density at radius 3 is 2.52 bits per heavy atom. The quantitative estimate of drug-likeness (QED) is 0.737. The van der Waals surface area contributed by atoms with Gasteiger partial charge in [0.1, 0.15) is 12.1 Å². The van der Waals surface area contributed by atoms with Gasteiger partial charge in [-0.3, -0.25) is 4.68 Å². The molecule has 1 N–H and O–H groups in total. The molecule has 142 valence electrons. The van der Waals surface area contributed by atoms with Gasteiger partial charge in [0.2, 0.25) is 10.0 Å². The van der Waals surface area contributed by atoms with Gasteiger partial charge in [-0.25, -0.2) is 18.4 Å². The van der Waals surface area contributed by atoms with Crippen LogP contribution in [0.1, 0.15) is 18.4 Å². The first-order valence-electron chi connectivity index (χ1n) is 8.91. The maximum Gasteiger partial charge on any atom is 0.243 e. The predicted molar refractivity (Wildman–Crippen MR) is 103 cm³/mol. The van der Waals surface area contributed by atoms with Crippen molar-refractivity contribution in [1.29, 1.82) is 0 Å². The molecule has 3 heterocycles. The molecule has 0 radical (unpaired) electrons. The van der Waals surface area contributed by atoms with E-state index < -0.39 is 10.0 Å². The van der Waals surface area contributed by atoms with Gasteiger partial charge in [0, 0.05) is 26.2 Å². The van der Waals surface area contributed by atoms with Crippen molar-refractivity contribution in [3.63, 3.8) is 0 Å². The van der Waals surface area contributed by atoms with Gasteiger partial charge in [-0.15, -0.1) is 0 Å². The molecule has 0 spiro atoms. The molecule has 1 aliphatic heterocycles. The Morgan fingerprint density at radius 2 is 1.81 bits per heavy atom. The lowest BCUT2D eigenvalue weighted by Crippen LogP contribution is -2.42. The SMILES string of the molecule is Cc1ccc(S(=O)(=O)N2CCC(Nc3ncnc4c3cnn4C)CC2)cc1. The number of nitrogens with one attached hydrogen (secondary N) is 1. The first-order chi connectivity index (χ1) is 12.9. The van der Waals surface area contributed by atoms with Gasteiger partial charge >= 0.3 is 0 Å². The van der Waals surface area contributed by atoms with E-state index in [1.165, 1.54) is 6.33 Å². The minimum Gasteiger partial charge on any atom is -0.367 e. The van der Waals surface area contributed by atoms with Crippen LogP contribution in [0.2, 0.25) is 0 Å². The second kappa shape index (κ2) is 6.90. The largest absolute Gasteiger partial charge is 0.367 e. The number of benzene rings is 1. The number of aryl methyl sites for hydroxylation is 2. The van der Waals surface area contributed by atoms with Gasteiger partial charge in [-0.2, -0.15) is 9.40 Å². The highest BCUT2D eigenvalue weighted by Crippen LogP contribution is 2.24. The van der Waals surface area contributed by atoms with Crippen molar-refractivity contribution >= 4 is 26.9 Å². The van der Waals surface area contributed by atoms with Crippen molar-refractivity contribution in [3.8, 4) is 0 Å². The van der Waals surface area contributed by atoms with Gasteiger partial charge < -0.3 is 5.32 Å². The van der Waals surface area contributed by atoms with Crippen LogP contribution in [0.25, 0.3) is 11.0 Å². The van der Waals surface area contributed by atoms with E-state index in [4.69, 9.17) is 0 Å². The number of rotatable bonds is 4. The second-order valence-electron chi connectivity index (χ2n) is 6.86. The van der Waals surface area contributed by atoms with E-state index >= 15 is 0 Å². The summed E-state index contributed by atoms with van der Waals surface area (Å²) >= 11 is 0. The third-order valence-electron chi connectivity index (χ3n) is 4.98. The van der Waals surface area contributed by atoms with Gasteiger partial charge in [0.25, 0.3) is 0 Å². The van der Waals surface area contributed by atoms with Crippen molar-refractivity contribution < 1.29 is 8.42 Å². The maximum atomic E-state index is 12.8. The highest BCUT2D eigenvalue weighted by atomic mass is 32.2. The molecule has 9 heteroatoms. The standard InChI is InChI=1S/C18H22N6O2S/c1-13-3-5-15(6-4-13)27(25,26)24-9-7-14(8-10-24)22-17-16-11-21-23(2)18(16)20-12-19-17/h3-6,11-12,14H,7-10H2,1-2H3,(H,19,20,22). The van der Waals surface area contributed by atoms with Crippen LogP contribution in [-0.4, -0.2) is 51.6 Å². The summed E-state index contributed by atoms with van der Waals surface area (Å²) in [5.74, 6) is 0.743. The number of sulfonamides is 1. The topological polar surface area (TPSA) is 93.0 Å². The second-order valence-corrected chi connectivity index (χ2v) is 8.80. The molecule has 0 aliphatic carbocycles. The van der Waals surface area contributed by atoms with Crippen LogP contribution in [0.3, 0.4) is 0 Å². The molecule has 3 aromatic rings. The van der Waals surface area contributed by atoms with Crippen LogP contribution in [0.5, 0.6) is 0 Å². The molecule has 8 nitrogen and oxygen atoms in total. The van der Waals surface area contributed by atoms with Gasteiger partial charge in [-0.05, 0) is 31.9 Å². The van der Waals surface area contributed by atoms with Crippen LogP contribution in [0, 0.1) is 6.92 Å². The summed E-state index contributed by atoms with van der Waals surface area (Å²) in [7, 11) is -1.60. The number of nitrogens with zero attached hydrogens (tertiary/aromatic N) is 5. The molecule has 1 fully saturated rings. The molecule has 1 saturated heterocycles. The Balaban J connectivity index is 1.45. The number of hydrogen-bond donors (Lipinski definition) is 1. The lowest BCUT2D eigenvalue weighted by Gasteiger charge is -2.32. The minimum atomic E-state index is -3.44. The highest BCUT2D eigenvalue weighted by molar-refractivity contribution is 7.89. The average molecular weight is 386 g/mol. The zero-order valence-corrected chi connectivity index (χ0v) is 16.1. The summed E-state index contributed by atoms with van der Waals surface area (Å²) in [6, 6.07) is 7.17. The van der Waals surface area contributed by atoms with Crippen LogP contribution in [0.15, 0.2) is 41.7 Å². The summed E-state index contributed by atoms with van der Waals surface area (Å²) in [6.45, 7) is 2.91. The highest BCUT2D eigenvalue weighted by Gasteiger charge is 2.29. The number of fused-ring (bicyclic) bond motifs is 1. The van der Waals surface area contributed by atoms with Crippen LogP contribution in [0.4, 0.5) is 5.82 Å². The van der Waals surface area contributed by atoms with Gasteiger partial charge in [0.05, 0.1) is 16.5 Å². The molecular weight excluding hydrogens is 364 g/mol. The van der Waals surface area contributed by atoms with E-state index in [0.717, 1.165) is 35.3 Å². The van der Waals surface area contributed by atoms with Crippen molar-refractivity contribution in [1.82, 2.24) is 24.1 Å². The Bertz CT molecular complexity index is 1050. The maximum absolute atomic E-state index is 12.8. The summed E-state index contributed by atoms with van der Waals surface area (Å²) in [4.78, 5) is 8.92. The van der Waals surface area contributed by atoms with Crippen molar-refractivity contribution in [2.75, 3.05) is 18.4 Å². The van der Waals surface area contributed by atoms with Crippen molar-refractivity contribution in [3.05, 3.63) is 42.4 Å². The summed E-state index contributed by atoms with van der Waals surface area (Å²) in [5.41, 5.74) is 1.82. The van der Waals surface area contributed by atoms with E-state index in [2.05, 4.69) is 20.4 Å². The predicted octanol–water partition coefficient (Wildman–Crippen LogP) is 1.94. The number of piperidine rings is 1. The smallest absolute Gasteiger partial charge is 0.243 e. The van der Waals surface area contributed by atoms with E-state index in [1.54, 1.807) is 27.3 Å². The molecule has 0 bridgehead atoms. The lowest BCUT2D eigenvalue weighted by molar-refractivity contribution is 0.329. The summed E-state index contributed by atoms with van der Waals surface area (Å²) in [5, 5.41) is 8.52. The van der Waals surface area contributed by atoms with Gasteiger partial charge in [-0.1, -0.05) is 17.7 Å². The Morgan fingerprint density at radius 1 is 1.11 bits per heavy atom. The fourth-order valence-corrected chi connectivity index (χ4v) is 4.84. The van der Waals surface area contributed by atoms with Crippen LogP contribution < -0.4 is 5.32 Å². The van der Waals surface area contributed by atoms with Crippen molar-refractivity contribution in [2.24, 2.45) is 7.05 Å². The van der Waals surface area contributed by atoms with E-state index in [0.29, 0.717) is 18.0 Å². The third kappa shape index (κ3) is 3.40. The third-order valence-corrected chi connectivity index (χ3v) is 6.90. The monoisotopic (exact) mass is 386 g/mol. The van der Waals surface area contributed by atoms with Crippen LogP contribution >= 0.6 is 0 Å². The zero-order valence-electron chi connectivity index (χ0n) is 15.3. The van der Waals surface area contributed by atoms with E-state index in [-0.39, 0.29) is 6.04 Å². The van der Waals surface area contributed by atoms with Crippen molar-refractivity contribution in [2.45, 2.75) is 30.7 Å². The molecule has 27 heavy (non-hydrogen) atoms. The molecule has 1 aromatic carbocycles. The minimum absolute atomic E-state index is 0.160. The average Bonchev–Trinajstić information content (AvgIpc) is 3.05. The Hall–Kier alpha value is -2.52. The summed E-state index contributed by atoms with van der Waals surface area (Å²) < 4.78 is 28.9. The lowest BCUT2D eigenvalue weighted by atomic mass is 10.1. The Kier molecular flexibility index (Phi) is 4.56. The zero-order chi connectivity index (χ0) is 19.0. The van der Waals surface area contributed by atoms with E-state index in [9.17, 15) is 8.42 Å². The normalized spacial score (nSPS) is 16.7. The number of hydrogen-bond acceptors (Lipinski definition) is 6. The van der Waals surface area contributed by atoms with Crippen LogP contribution in [-0.2, 0) is 17.1 Å². The van der Waals surface area contributed by atoms with E-state index in [1.807, 2.05) is 26.1 Å². The first-order valence-corrected chi connectivity index (χ1v) is 10.4. The molecule has 2 aromatic heterocycles. The number of anilines is 1. The molecule has 0 saturated carbocycles. The van der Waals surface area contributed by atoms with Gasteiger partial charge in [0.15, 0.2) is 5.65 Å².